The summed E-state index contributed by atoms with van der Waals surface area (Å²) in [5, 5.41) is 0. The van der Waals surface area contributed by atoms with Crippen LogP contribution in [0.4, 0.5) is 0 Å². The lowest BCUT2D eigenvalue weighted by Gasteiger charge is -2.29. The summed E-state index contributed by atoms with van der Waals surface area (Å²) in [5.41, 5.74) is 3.40. The van der Waals surface area contributed by atoms with E-state index < -0.39 is 0 Å². The van der Waals surface area contributed by atoms with Gasteiger partial charge in [0.05, 0.1) is 0 Å². The van der Waals surface area contributed by atoms with Crippen LogP contribution in [0.15, 0.2) is 23.3 Å². The van der Waals surface area contributed by atoms with Gasteiger partial charge in [0.2, 0.25) is 0 Å². The van der Waals surface area contributed by atoms with E-state index in [1.165, 1.54) is 17.6 Å². The molecule has 0 unspecified atom stereocenters. The molecule has 0 aromatic rings. The van der Waals surface area contributed by atoms with Gasteiger partial charge in [-0.05, 0) is 25.7 Å². The Morgan fingerprint density at radius 2 is 1.80 bits per heavy atom. The van der Waals surface area contributed by atoms with Crippen molar-refractivity contribution < 1.29 is 0 Å². The van der Waals surface area contributed by atoms with Gasteiger partial charge in [-0.1, -0.05) is 37.1 Å². The summed E-state index contributed by atoms with van der Waals surface area (Å²) in [6.07, 6.45) is 5.68. The highest BCUT2D eigenvalue weighted by Crippen LogP contribution is 2.35. The smallest absolute Gasteiger partial charge is 0.0107 e. The van der Waals surface area contributed by atoms with Crippen molar-refractivity contribution in [2.45, 2.75) is 34.1 Å². The van der Waals surface area contributed by atoms with Crippen molar-refractivity contribution >= 4 is 0 Å². The molecule has 10 heavy (non-hydrogen) atoms. The maximum atomic E-state index is 2.30. The predicted molar refractivity (Wildman–Crippen MR) is 45.9 cm³/mol. The molecule has 0 heterocycles. The van der Waals surface area contributed by atoms with Crippen LogP contribution in [0.25, 0.3) is 0 Å². The lowest BCUT2D eigenvalue weighted by atomic mass is 9.76. The van der Waals surface area contributed by atoms with Crippen LogP contribution >= 0.6 is 0 Å². The molecule has 1 rings (SSSR count). The van der Waals surface area contributed by atoms with Gasteiger partial charge < -0.3 is 0 Å². The highest BCUT2D eigenvalue weighted by Gasteiger charge is 2.21. The number of rotatable bonds is 0. The molecular weight excluding hydrogens is 120 g/mol. The number of allylic oxidation sites excluding steroid dienone is 4. The number of hydrogen-bond acceptors (Lipinski definition) is 0. The molecule has 0 radical (unpaired) electrons. The van der Waals surface area contributed by atoms with Crippen molar-refractivity contribution in [3.05, 3.63) is 23.3 Å². The first kappa shape index (κ1) is 7.59. The van der Waals surface area contributed by atoms with E-state index in [1.54, 1.807) is 0 Å². The zero-order valence-corrected chi connectivity index (χ0v) is 7.36. The summed E-state index contributed by atoms with van der Waals surface area (Å²) in [6, 6.07) is 0. The number of hydrogen-bond donors (Lipinski definition) is 0. The van der Waals surface area contributed by atoms with Crippen molar-refractivity contribution in [1.82, 2.24) is 0 Å². The molecule has 1 aliphatic rings. The molecule has 0 atom stereocenters. The first-order chi connectivity index (χ1) is 4.52. The minimum Gasteiger partial charge on any atom is -0.0725 e. The van der Waals surface area contributed by atoms with E-state index in [4.69, 9.17) is 0 Å². The summed E-state index contributed by atoms with van der Waals surface area (Å²) in [6.45, 7) is 9.01. The lowest BCUT2D eigenvalue weighted by molar-refractivity contribution is 0.436. The average Bonchev–Trinajstić information content (AvgIpc) is 1.78. The maximum absolute atomic E-state index is 2.30. The van der Waals surface area contributed by atoms with E-state index in [0.29, 0.717) is 5.41 Å². The van der Waals surface area contributed by atoms with Crippen molar-refractivity contribution in [2.24, 2.45) is 5.41 Å². The quantitative estimate of drug-likeness (QED) is 0.479. The summed E-state index contributed by atoms with van der Waals surface area (Å²) < 4.78 is 0. The van der Waals surface area contributed by atoms with Gasteiger partial charge in [0, 0.05) is 0 Å². The second-order valence-electron chi connectivity index (χ2n) is 3.92. The van der Waals surface area contributed by atoms with Crippen molar-refractivity contribution in [3.63, 3.8) is 0 Å². The van der Waals surface area contributed by atoms with Crippen LogP contribution < -0.4 is 0 Å². The average molecular weight is 136 g/mol. The van der Waals surface area contributed by atoms with E-state index in [-0.39, 0.29) is 0 Å². The molecule has 0 amide bonds. The largest absolute Gasteiger partial charge is 0.0725 e. The van der Waals surface area contributed by atoms with Crippen molar-refractivity contribution in [3.8, 4) is 0 Å². The van der Waals surface area contributed by atoms with E-state index in [1.807, 2.05) is 0 Å². The lowest BCUT2D eigenvalue weighted by Crippen LogP contribution is -2.15. The topological polar surface area (TPSA) is 0 Å². The molecule has 0 nitrogen and oxygen atoms in total. The molecule has 0 aliphatic heterocycles. The molecule has 0 spiro atoms. The first-order valence-corrected chi connectivity index (χ1v) is 3.87. The third kappa shape index (κ3) is 1.31. The van der Waals surface area contributed by atoms with Gasteiger partial charge in [0.1, 0.15) is 0 Å². The van der Waals surface area contributed by atoms with Crippen LogP contribution in [0.3, 0.4) is 0 Å². The molecule has 1 aliphatic carbocycles. The van der Waals surface area contributed by atoms with E-state index in [9.17, 15) is 0 Å². The third-order valence-electron chi connectivity index (χ3n) is 2.41. The fraction of sp³-hybridized carbons (Fsp3) is 0.600. The molecule has 0 aromatic heterocycles. The molecule has 0 N–H and O–H groups in total. The maximum Gasteiger partial charge on any atom is -0.0107 e. The zero-order chi connectivity index (χ0) is 7.78. The molecule has 0 fully saturated rings. The SMILES string of the molecule is CC1=CC=C(C)C(C)(C)C1. The summed E-state index contributed by atoms with van der Waals surface area (Å²) in [4.78, 5) is 0. The van der Waals surface area contributed by atoms with E-state index in [2.05, 4.69) is 39.8 Å². The second kappa shape index (κ2) is 2.26. The second-order valence-corrected chi connectivity index (χ2v) is 3.92. The zero-order valence-electron chi connectivity index (χ0n) is 7.36. The fourth-order valence-corrected chi connectivity index (χ4v) is 1.39. The van der Waals surface area contributed by atoms with Gasteiger partial charge in [-0.2, -0.15) is 0 Å². The van der Waals surface area contributed by atoms with Gasteiger partial charge >= 0.3 is 0 Å². The Hall–Kier alpha value is -0.520. The minimum absolute atomic E-state index is 0.402. The fourth-order valence-electron chi connectivity index (χ4n) is 1.39. The Morgan fingerprint density at radius 1 is 1.20 bits per heavy atom. The Morgan fingerprint density at radius 3 is 2.20 bits per heavy atom. The van der Waals surface area contributed by atoms with E-state index >= 15 is 0 Å². The van der Waals surface area contributed by atoms with Crippen LogP contribution in [-0.2, 0) is 0 Å². The van der Waals surface area contributed by atoms with Crippen LogP contribution in [0.1, 0.15) is 34.1 Å². The summed E-state index contributed by atoms with van der Waals surface area (Å²) in [7, 11) is 0. The van der Waals surface area contributed by atoms with Gasteiger partial charge in [0.25, 0.3) is 0 Å². The van der Waals surface area contributed by atoms with Gasteiger partial charge in [-0.3, -0.25) is 0 Å². The van der Waals surface area contributed by atoms with Crippen LogP contribution in [0.5, 0.6) is 0 Å². The Bertz CT molecular complexity index is 192. The molecule has 0 saturated heterocycles. The molecule has 0 bridgehead atoms. The van der Waals surface area contributed by atoms with E-state index in [0.717, 1.165) is 0 Å². The Labute approximate surface area is 63.6 Å². The highest BCUT2D eigenvalue weighted by atomic mass is 14.3. The van der Waals surface area contributed by atoms with Crippen molar-refractivity contribution in [2.75, 3.05) is 0 Å². The van der Waals surface area contributed by atoms with Gasteiger partial charge in [-0.25, -0.2) is 0 Å². The molecular formula is C10H16. The van der Waals surface area contributed by atoms with Crippen LogP contribution in [-0.4, -0.2) is 0 Å². The molecule has 0 heteroatoms. The Kier molecular flexibility index (Phi) is 1.72. The van der Waals surface area contributed by atoms with Crippen molar-refractivity contribution in [1.29, 1.82) is 0 Å². The van der Waals surface area contributed by atoms with Gasteiger partial charge in [-0.15, -0.1) is 0 Å². The summed E-state index contributed by atoms with van der Waals surface area (Å²) in [5.74, 6) is 0. The first-order valence-electron chi connectivity index (χ1n) is 3.87. The molecule has 0 aromatic carbocycles. The standard InChI is InChI=1S/C10H16/c1-8-5-6-9(2)10(3,4)7-8/h5-6H,7H2,1-4H3. The molecule has 0 saturated carbocycles. The normalized spacial score (nSPS) is 23.6. The van der Waals surface area contributed by atoms with Crippen LogP contribution in [0.2, 0.25) is 0 Å². The minimum atomic E-state index is 0.402. The highest BCUT2D eigenvalue weighted by molar-refractivity contribution is 5.27. The third-order valence-corrected chi connectivity index (χ3v) is 2.41. The van der Waals surface area contributed by atoms with Crippen LogP contribution in [0, 0.1) is 5.41 Å². The molecule has 56 valence electrons. The van der Waals surface area contributed by atoms with Gasteiger partial charge in [0.15, 0.2) is 0 Å². The monoisotopic (exact) mass is 136 g/mol. The predicted octanol–water partition coefficient (Wildman–Crippen LogP) is 3.31. The Balaban J connectivity index is 2.89. The summed E-state index contributed by atoms with van der Waals surface area (Å²) >= 11 is 0.